The number of aromatic carboxylic acids is 1. The molecular formula is C18H27NO3S. The van der Waals surface area contributed by atoms with E-state index in [-0.39, 0.29) is 11.3 Å². The van der Waals surface area contributed by atoms with Crippen LogP contribution in [0.1, 0.15) is 71.1 Å². The van der Waals surface area contributed by atoms with Gasteiger partial charge in [-0.2, -0.15) is 0 Å². The normalized spacial score (nSPS) is 29.5. The van der Waals surface area contributed by atoms with E-state index < -0.39 is 11.6 Å². The predicted octanol–water partition coefficient (Wildman–Crippen LogP) is 3.18. The summed E-state index contributed by atoms with van der Waals surface area (Å²) in [6.45, 7) is 4.95. The Balaban J connectivity index is 2.07. The van der Waals surface area contributed by atoms with Crippen molar-refractivity contribution in [3.63, 3.8) is 0 Å². The van der Waals surface area contributed by atoms with Gasteiger partial charge in [0.15, 0.2) is 0 Å². The molecule has 1 fully saturated rings. The molecule has 3 N–H and O–H groups in total. The van der Waals surface area contributed by atoms with Crippen LogP contribution in [0.15, 0.2) is 0 Å². The summed E-state index contributed by atoms with van der Waals surface area (Å²) < 4.78 is 0. The Kier molecular flexibility index (Phi) is 4.32. The van der Waals surface area contributed by atoms with Crippen LogP contribution in [0.2, 0.25) is 0 Å². The Morgan fingerprint density at radius 2 is 2.13 bits per heavy atom. The molecular weight excluding hydrogens is 310 g/mol. The van der Waals surface area contributed by atoms with Gasteiger partial charge in [0.1, 0.15) is 0 Å². The highest BCUT2D eigenvalue weighted by Crippen LogP contribution is 2.50. The van der Waals surface area contributed by atoms with Gasteiger partial charge in [0.2, 0.25) is 0 Å². The number of carboxylic acid groups (broad SMARTS) is 1. The summed E-state index contributed by atoms with van der Waals surface area (Å²) in [5, 5.41) is 24.0. The van der Waals surface area contributed by atoms with Crippen molar-refractivity contribution in [1.82, 2.24) is 5.32 Å². The number of carbonyl (C=O) groups is 1. The zero-order chi connectivity index (χ0) is 16.8. The van der Waals surface area contributed by atoms with Gasteiger partial charge in [-0.1, -0.05) is 13.8 Å². The van der Waals surface area contributed by atoms with Gasteiger partial charge in [0, 0.05) is 22.2 Å². The van der Waals surface area contributed by atoms with Crippen molar-refractivity contribution in [3.8, 4) is 0 Å². The van der Waals surface area contributed by atoms with Crippen molar-refractivity contribution in [2.24, 2.45) is 5.41 Å². The van der Waals surface area contributed by atoms with E-state index in [2.05, 4.69) is 19.2 Å². The number of aryl methyl sites for hydroxylation is 1. The number of carboxylic acids is 1. The van der Waals surface area contributed by atoms with Gasteiger partial charge in [-0.3, -0.25) is 0 Å². The molecule has 4 nitrogen and oxygen atoms in total. The molecule has 0 radical (unpaired) electrons. The predicted molar refractivity (Wildman–Crippen MR) is 92.6 cm³/mol. The first kappa shape index (κ1) is 16.9. The fourth-order valence-corrected chi connectivity index (χ4v) is 5.93. The maximum Gasteiger partial charge on any atom is 0.337 e. The van der Waals surface area contributed by atoms with Gasteiger partial charge in [0.05, 0.1) is 11.2 Å². The number of nitrogens with one attached hydrogen (secondary N) is 1. The van der Waals surface area contributed by atoms with E-state index in [4.69, 9.17) is 0 Å². The number of hydrogen-bond donors (Lipinski definition) is 3. The zero-order valence-corrected chi connectivity index (χ0v) is 15.1. The van der Waals surface area contributed by atoms with Crippen LogP contribution in [0, 0.1) is 5.41 Å². The third kappa shape index (κ3) is 2.94. The van der Waals surface area contributed by atoms with E-state index in [0.29, 0.717) is 12.1 Å². The lowest BCUT2D eigenvalue weighted by Crippen LogP contribution is -2.41. The minimum absolute atomic E-state index is 0.0558. The number of likely N-dealkylation sites (N-methyl/N-ethyl adjacent to an activating group) is 1. The van der Waals surface area contributed by atoms with E-state index in [1.165, 1.54) is 4.88 Å². The monoisotopic (exact) mass is 337 g/mol. The lowest BCUT2D eigenvalue weighted by atomic mass is 9.75. The molecule has 23 heavy (non-hydrogen) atoms. The Morgan fingerprint density at radius 3 is 2.78 bits per heavy atom. The van der Waals surface area contributed by atoms with Crippen LogP contribution in [0.25, 0.3) is 0 Å². The van der Waals surface area contributed by atoms with Gasteiger partial charge in [0.25, 0.3) is 0 Å². The Hall–Kier alpha value is -0.910. The fourth-order valence-electron chi connectivity index (χ4n) is 4.37. The highest BCUT2D eigenvalue weighted by Gasteiger charge is 2.45. The number of hydrogen-bond acceptors (Lipinski definition) is 4. The second kappa shape index (κ2) is 5.87. The van der Waals surface area contributed by atoms with E-state index >= 15 is 0 Å². The molecule has 2 aliphatic carbocycles. The lowest BCUT2D eigenvalue weighted by Gasteiger charge is -2.30. The maximum atomic E-state index is 12.0. The summed E-state index contributed by atoms with van der Waals surface area (Å²) in [6, 6.07) is 0. The first-order chi connectivity index (χ1) is 10.8. The standard InChI is InChI=1S/C18H27NO3S/c1-17(2)8-6-13-11(9-17)14(16(20)21)15(23-13)12-5-4-7-18(12,22)10-19-3/h12,19,22H,4-10H2,1-3H3,(H,20,21)/t12-,18-/m1/s1. The van der Waals surface area contributed by atoms with Crippen LogP contribution in [0.3, 0.4) is 0 Å². The minimum atomic E-state index is -0.825. The summed E-state index contributed by atoms with van der Waals surface area (Å²) in [5.41, 5.74) is 0.876. The quantitative estimate of drug-likeness (QED) is 0.789. The molecule has 2 atom stereocenters. The molecule has 5 heteroatoms. The number of fused-ring (bicyclic) bond motifs is 1. The molecule has 3 rings (SSSR count). The van der Waals surface area contributed by atoms with Crippen molar-refractivity contribution < 1.29 is 15.0 Å². The van der Waals surface area contributed by atoms with Crippen molar-refractivity contribution >= 4 is 17.3 Å². The van der Waals surface area contributed by atoms with Gasteiger partial charge in [-0.25, -0.2) is 4.79 Å². The third-order valence-electron chi connectivity index (χ3n) is 5.57. The molecule has 0 aromatic carbocycles. The van der Waals surface area contributed by atoms with Crippen LogP contribution in [0.5, 0.6) is 0 Å². The SMILES string of the molecule is CNC[C@]1(O)CCC[C@@H]1c1sc2c(c1C(=O)O)CC(C)(C)CC2. The number of aliphatic hydroxyl groups is 1. The van der Waals surface area contributed by atoms with Crippen molar-refractivity contribution in [1.29, 1.82) is 0 Å². The summed E-state index contributed by atoms with van der Waals surface area (Å²) in [7, 11) is 1.84. The van der Waals surface area contributed by atoms with E-state index in [1.54, 1.807) is 11.3 Å². The average molecular weight is 337 g/mol. The van der Waals surface area contributed by atoms with E-state index in [1.807, 2.05) is 7.05 Å². The zero-order valence-electron chi connectivity index (χ0n) is 14.2. The van der Waals surface area contributed by atoms with E-state index in [0.717, 1.165) is 49.0 Å². The molecule has 0 unspecified atom stereocenters. The smallest absolute Gasteiger partial charge is 0.337 e. The minimum Gasteiger partial charge on any atom is -0.478 e. The largest absolute Gasteiger partial charge is 0.478 e. The van der Waals surface area contributed by atoms with E-state index in [9.17, 15) is 15.0 Å². The highest BCUT2D eigenvalue weighted by atomic mass is 32.1. The molecule has 1 heterocycles. The van der Waals surface area contributed by atoms with Crippen LogP contribution >= 0.6 is 11.3 Å². The number of thiophene rings is 1. The molecule has 1 aromatic rings. The highest BCUT2D eigenvalue weighted by molar-refractivity contribution is 7.12. The maximum absolute atomic E-state index is 12.0. The van der Waals surface area contributed by atoms with Gasteiger partial charge >= 0.3 is 5.97 Å². The second-order valence-electron chi connectivity index (χ2n) is 7.97. The Morgan fingerprint density at radius 1 is 1.39 bits per heavy atom. The van der Waals surface area contributed by atoms with Crippen molar-refractivity contribution in [2.45, 2.75) is 63.9 Å². The topological polar surface area (TPSA) is 69.6 Å². The van der Waals surface area contributed by atoms with Crippen LogP contribution in [-0.4, -0.2) is 35.4 Å². The molecule has 0 amide bonds. The molecule has 0 aliphatic heterocycles. The summed E-state index contributed by atoms with van der Waals surface area (Å²) in [4.78, 5) is 14.1. The molecule has 1 aromatic heterocycles. The molecule has 128 valence electrons. The van der Waals surface area contributed by atoms with Crippen molar-refractivity contribution in [2.75, 3.05) is 13.6 Å². The summed E-state index contributed by atoms with van der Waals surface area (Å²) in [6.07, 6.45) is 5.47. The summed E-state index contributed by atoms with van der Waals surface area (Å²) in [5.74, 6) is -0.881. The first-order valence-electron chi connectivity index (χ1n) is 8.52. The van der Waals surface area contributed by atoms with Gasteiger partial charge in [-0.15, -0.1) is 11.3 Å². The average Bonchev–Trinajstić information content (AvgIpc) is 2.98. The summed E-state index contributed by atoms with van der Waals surface area (Å²) >= 11 is 1.65. The molecule has 0 spiro atoms. The van der Waals surface area contributed by atoms with Gasteiger partial charge < -0.3 is 15.5 Å². The molecule has 1 saturated carbocycles. The number of rotatable bonds is 4. The first-order valence-corrected chi connectivity index (χ1v) is 9.34. The molecule has 2 aliphatic rings. The van der Waals surface area contributed by atoms with Crippen LogP contribution in [0.4, 0.5) is 0 Å². The van der Waals surface area contributed by atoms with Gasteiger partial charge in [-0.05, 0) is 56.6 Å². The Labute approximate surface area is 141 Å². The second-order valence-corrected chi connectivity index (χ2v) is 9.10. The molecule has 0 saturated heterocycles. The molecule has 0 bridgehead atoms. The van der Waals surface area contributed by atoms with Crippen LogP contribution in [-0.2, 0) is 12.8 Å². The Bertz CT molecular complexity index is 622. The fraction of sp³-hybridized carbons (Fsp3) is 0.722. The third-order valence-corrected chi connectivity index (χ3v) is 6.97. The lowest BCUT2D eigenvalue weighted by molar-refractivity contribution is 0.0326. The van der Waals surface area contributed by atoms with Crippen LogP contribution < -0.4 is 5.32 Å². The van der Waals surface area contributed by atoms with Crippen molar-refractivity contribution in [3.05, 3.63) is 20.9 Å².